The third-order valence-corrected chi connectivity index (χ3v) is 6.75. The molecule has 0 aliphatic rings. The Bertz CT molecular complexity index is 893. The van der Waals surface area contributed by atoms with Crippen molar-refractivity contribution in [3.8, 4) is 0 Å². The zero-order chi connectivity index (χ0) is 23.6. The van der Waals surface area contributed by atoms with Crippen LogP contribution in [0.4, 0.5) is 11.4 Å². The maximum absolute atomic E-state index is 13.4. The van der Waals surface area contributed by atoms with Crippen molar-refractivity contribution in [3.05, 3.63) is 83.9 Å². The number of hydrogen-bond donors (Lipinski definition) is 1. The maximum Gasteiger partial charge on any atom is 0.227 e. The summed E-state index contributed by atoms with van der Waals surface area (Å²) in [5.74, 6) is 0.476. The van der Waals surface area contributed by atoms with Gasteiger partial charge in [-0.05, 0) is 76.7 Å². The quantitative estimate of drug-likeness (QED) is 0.244. The molecule has 1 unspecified atom stereocenters. The molecule has 0 aliphatic carbocycles. The van der Waals surface area contributed by atoms with Gasteiger partial charge in [0.25, 0.3) is 0 Å². The predicted octanol–water partition coefficient (Wildman–Crippen LogP) is 3.16. The van der Waals surface area contributed by atoms with Crippen LogP contribution in [0.2, 0.25) is 0 Å². The van der Waals surface area contributed by atoms with Gasteiger partial charge in [0.05, 0.1) is 33.2 Å². The van der Waals surface area contributed by atoms with E-state index in [0.717, 1.165) is 52.8 Å². The van der Waals surface area contributed by atoms with Gasteiger partial charge in [-0.2, -0.15) is 0 Å². The van der Waals surface area contributed by atoms with Crippen LogP contribution in [0.1, 0.15) is 37.7 Å². The summed E-state index contributed by atoms with van der Waals surface area (Å²) in [5, 5.41) is 0. The highest BCUT2D eigenvalue weighted by Crippen LogP contribution is 2.30. The van der Waals surface area contributed by atoms with E-state index in [1.54, 1.807) is 0 Å². The molecule has 2 aromatic rings. The van der Waals surface area contributed by atoms with Gasteiger partial charge in [0, 0.05) is 22.3 Å². The van der Waals surface area contributed by atoms with Crippen molar-refractivity contribution in [2.75, 3.05) is 43.9 Å². The number of nitrogen functional groups attached to an aromatic ring is 1. The first-order chi connectivity index (χ1) is 15.3. The van der Waals surface area contributed by atoms with Crippen LogP contribution in [0.15, 0.2) is 78.3 Å². The number of hydrogen-bond acceptors (Lipinski definition) is 2. The summed E-state index contributed by atoms with van der Waals surface area (Å²) in [5.41, 5.74) is 8.84. The molecule has 2 rings (SSSR count). The van der Waals surface area contributed by atoms with Crippen molar-refractivity contribution in [2.24, 2.45) is 0 Å². The lowest BCUT2D eigenvalue weighted by molar-refractivity contribution is -0.896. The number of nitrogens with two attached hydrogens (primary N) is 1. The standard InChI is InChI=1S/C27H37BrN3O.ClH/c1-5-18-31(4,19-6-2)20-17-30(24-11-9-8-10-12-24)27(32)16-14-22(7-3)23-13-15-26(29)25(28)21-23;/h5-6,8-13,15,21-22H,1-2,7,14,16-20,29H2,3-4H3;1H/q+1;/p-1. The smallest absolute Gasteiger partial charge is 0.227 e. The number of carbonyl (C=O) groups excluding carboxylic acids is 1. The number of likely N-dealkylation sites (N-methyl/N-ethyl adjacent to an activating group) is 1. The molecular formula is C27H37BrClN3O. The molecule has 0 radical (unpaired) electrons. The van der Waals surface area contributed by atoms with Crippen LogP contribution in [0.3, 0.4) is 0 Å². The predicted molar refractivity (Wildman–Crippen MR) is 141 cm³/mol. The number of quaternary nitrogens is 1. The van der Waals surface area contributed by atoms with Gasteiger partial charge in [-0.1, -0.05) is 44.3 Å². The lowest BCUT2D eigenvalue weighted by Gasteiger charge is -2.35. The van der Waals surface area contributed by atoms with Crippen LogP contribution in [0.5, 0.6) is 0 Å². The van der Waals surface area contributed by atoms with Crippen molar-refractivity contribution < 1.29 is 21.7 Å². The first-order valence-corrected chi connectivity index (χ1v) is 12.1. The summed E-state index contributed by atoms with van der Waals surface area (Å²) in [6.45, 7) is 13.2. The Hall–Kier alpha value is -2.08. The average Bonchev–Trinajstić information content (AvgIpc) is 2.77. The minimum absolute atomic E-state index is 0. The lowest BCUT2D eigenvalue weighted by Crippen LogP contribution is -3.00. The lowest BCUT2D eigenvalue weighted by atomic mass is 9.91. The maximum atomic E-state index is 13.4. The van der Waals surface area contributed by atoms with E-state index in [0.29, 0.717) is 18.9 Å². The molecule has 2 N–H and O–H groups in total. The Kier molecular flexibility index (Phi) is 12.5. The molecule has 0 aliphatic heterocycles. The second-order valence-electron chi connectivity index (χ2n) is 8.59. The molecule has 1 atom stereocenters. The Morgan fingerprint density at radius 3 is 2.33 bits per heavy atom. The van der Waals surface area contributed by atoms with E-state index in [-0.39, 0.29) is 18.3 Å². The van der Waals surface area contributed by atoms with Crippen molar-refractivity contribution >= 4 is 33.2 Å². The zero-order valence-electron chi connectivity index (χ0n) is 19.9. The molecule has 6 heteroatoms. The number of nitrogens with zero attached hydrogens (tertiary/aromatic N) is 2. The summed E-state index contributed by atoms with van der Waals surface area (Å²) < 4.78 is 1.69. The third-order valence-electron chi connectivity index (χ3n) is 6.07. The largest absolute Gasteiger partial charge is 1.00 e. The minimum atomic E-state index is 0. The Morgan fingerprint density at radius 1 is 1.15 bits per heavy atom. The molecule has 180 valence electrons. The van der Waals surface area contributed by atoms with Gasteiger partial charge in [0.1, 0.15) is 0 Å². The number of amides is 1. The van der Waals surface area contributed by atoms with E-state index in [4.69, 9.17) is 5.73 Å². The van der Waals surface area contributed by atoms with E-state index in [1.807, 2.05) is 53.5 Å². The van der Waals surface area contributed by atoms with Crippen molar-refractivity contribution in [3.63, 3.8) is 0 Å². The van der Waals surface area contributed by atoms with Gasteiger partial charge < -0.3 is 27.5 Å². The molecule has 0 bridgehead atoms. The highest BCUT2D eigenvalue weighted by molar-refractivity contribution is 9.10. The molecule has 0 aromatic heterocycles. The molecule has 1 amide bonds. The van der Waals surface area contributed by atoms with Crippen molar-refractivity contribution in [1.82, 2.24) is 0 Å². The molecule has 0 spiro atoms. The molecular weight excluding hydrogens is 498 g/mol. The van der Waals surface area contributed by atoms with Gasteiger partial charge in [-0.3, -0.25) is 4.79 Å². The number of benzene rings is 2. The first kappa shape index (κ1) is 29.0. The Morgan fingerprint density at radius 2 is 1.79 bits per heavy atom. The molecule has 2 aromatic carbocycles. The summed E-state index contributed by atoms with van der Waals surface area (Å²) >= 11 is 3.53. The molecule has 0 fully saturated rings. The Labute approximate surface area is 214 Å². The SMILES string of the molecule is C=CC[N+](C)(CC=C)CCN(C(=O)CCC(CC)c1ccc(N)c(Br)c1)c1ccccc1.[Cl-]. The van der Waals surface area contributed by atoms with Crippen LogP contribution in [0, 0.1) is 0 Å². The topological polar surface area (TPSA) is 46.3 Å². The van der Waals surface area contributed by atoms with E-state index in [9.17, 15) is 4.79 Å². The van der Waals surface area contributed by atoms with E-state index in [2.05, 4.69) is 55.2 Å². The Balaban J connectivity index is 0.00000544. The molecule has 4 nitrogen and oxygen atoms in total. The number of anilines is 2. The van der Waals surface area contributed by atoms with Crippen LogP contribution in [0.25, 0.3) is 0 Å². The fourth-order valence-electron chi connectivity index (χ4n) is 4.06. The van der Waals surface area contributed by atoms with Gasteiger partial charge in [-0.25, -0.2) is 0 Å². The summed E-state index contributed by atoms with van der Waals surface area (Å²) in [6, 6.07) is 16.1. The van der Waals surface area contributed by atoms with E-state index < -0.39 is 0 Å². The van der Waals surface area contributed by atoms with Crippen LogP contribution < -0.4 is 23.0 Å². The van der Waals surface area contributed by atoms with Crippen LogP contribution in [-0.4, -0.2) is 43.6 Å². The fourth-order valence-corrected chi connectivity index (χ4v) is 4.46. The highest BCUT2D eigenvalue weighted by atomic mass is 79.9. The molecule has 33 heavy (non-hydrogen) atoms. The number of halogens is 2. The van der Waals surface area contributed by atoms with E-state index in [1.165, 1.54) is 5.56 Å². The molecule has 0 heterocycles. The summed E-state index contributed by atoms with van der Waals surface area (Å²) in [4.78, 5) is 15.3. The summed E-state index contributed by atoms with van der Waals surface area (Å²) in [7, 11) is 2.18. The number of carbonyl (C=O) groups is 1. The normalized spacial score (nSPS) is 11.8. The first-order valence-electron chi connectivity index (χ1n) is 11.3. The molecule has 0 saturated carbocycles. The highest BCUT2D eigenvalue weighted by Gasteiger charge is 2.24. The molecule has 0 saturated heterocycles. The minimum Gasteiger partial charge on any atom is -1.00 e. The van der Waals surface area contributed by atoms with E-state index >= 15 is 0 Å². The third kappa shape index (κ3) is 8.65. The monoisotopic (exact) mass is 533 g/mol. The van der Waals surface area contributed by atoms with Gasteiger partial charge in [-0.15, -0.1) is 0 Å². The van der Waals surface area contributed by atoms with Gasteiger partial charge >= 0.3 is 0 Å². The van der Waals surface area contributed by atoms with Crippen molar-refractivity contribution in [2.45, 2.75) is 32.1 Å². The number of para-hydroxylation sites is 1. The van der Waals surface area contributed by atoms with Gasteiger partial charge in [0.2, 0.25) is 5.91 Å². The number of rotatable bonds is 13. The summed E-state index contributed by atoms with van der Waals surface area (Å²) in [6.07, 6.45) is 6.16. The second-order valence-corrected chi connectivity index (χ2v) is 9.45. The fraction of sp³-hybridized carbons (Fsp3) is 0.370. The second kappa shape index (κ2) is 14.2. The average molecular weight is 535 g/mol. The van der Waals surface area contributed by atoms with Crippen LogP contribution in [-0.2, 0) is 4.79 Å². The van der Waals surface area contributed by atoms with Gasteiger partial charge in [0.15, 0.2) is 0 Å². The van der Waals surface area contributed by atoms with Crippen molar-refractivity contribution in [1.29, 1.82) is 0 Å². The zero-order valence-corrected chi connectivity index (χ0v) is 22.2. The van der Waals surface area contributed by atoms with Crippen LogP contribution >= 0.6 is 15.9 Å².